The molecule has 0 unspecified atom stereocenters. The largest absolute Gasteiger partial charge is 0.358 e. The van der Waals surface area contributed by atoms with E-state index in [2.05, 4.69) is 42.0 Å². The number of nitrogens with one attached hydrogen (secondary N) is 1. The number of aliphatic imine (C=N–C) groups is 1. The quantitative estimate of drug-likeness (QED) is 0.633. The molecule has 3 heteroatoms. The maximum atomic E-state index is 10.6. The van der Waals surface area contributed by atoms with Crippen LogP contribution in [0.4, 0.5) is 0 Å². The van der Waals surface area contributed by atoms with E-state index in [1.54, 1.807) is 6.08 Å². The predicted molar refractivity (Wildman–Crippen MR) is 71.4 cm³/mol. The van der Waals surface area contributed by atoms with Gasteiger partial charge in [-0.2, -0.15) is 4.99 Å². The number of isocyanates is 1. The van der Waals surface area contributed by atoms with Crippen molar-refractivity contribution in [3.05, 3.63) is 35.0 Å². The van der Waals surface area contributed by atoms with Crippen LogP contribution in [0.25, 0.3) is 10.9 Å². The average molecular weight is 240 g/mol. The van der Waals surface area contributed by atoms with Gasteiger partial charge < -0.3 is 4.98 Å². The van der Waals surface area contributed by atoms with Gasteiger partial charge in [0.15, 0.2) is 0 Å². The second kappa shape index (κ2) is 3.82. The Labute approximate surface area is 106 Å². The number of aromatic nitrogens is 1. The van der Waals surface area contributed by atoms with Crippen molar-refractivity contribution in [2.45, 2.75) is 38.6 Å². The molecule has 3 rings (SSSR count). The number of rotatable bonds is 2. The van der Waals surface area contributed by atoms with Gasteiger partial charge >= 0.3 is 0 Å². The van der Waals surface area contributed by atoms with Crippen LogP contribution in [0.3, 0.4) is 0 Å². The van der Waals surface area contributed by atoms with Crippen LogP contribution in [0.2, 0.25) is 0 Å². The Bertz CT molecular complexity index is 658. The minimum Gasteiger partial charge on any atom is -0.358 e. The maximum absolute atomic E-state index is 10.6. The van der Waals surface area contributed by atoms with E-state index in [9.17, 15) is 4.79 Å². The van der Waals surface area contributed by atoms with Crippen LogP contribution in [0.5, 0.6) is 0 Å². The summed E-state index contributed by atoms with van der Waals surface area (Å²) in [6, 6.07) is 6.36. The standard InChI is InChI=1S/C15H16N2O/c1-10-11(2)17-14-8-12(4-5-13(10)14)15(16-9-18)6-3-7-15/h4-5,8,17H,3,6-7H2,1-2H3. The van der Waals surface area contributed by atoms with Gasteiger partial charge in [0, 0.05) is 16.6 Å². The number of aryl methyl sites for hydroxylation is 2. The molecule has 18 heavy (non-hydrogen) atoms. The van der Waals surface area contributed by atoms with E-state index in [0.29, 0.717) is 0 Å². The van der Waals surface area contributed by atoms with Crippen LogP contribution in [0.15, 0.2) is 23.2 Å². The summed E-state index contributed by atoms with van der Waals surface area (Å²) < 4.78 is 0. The summed E-state index contributed by atoms with van der Waals surface area (Å²) in [6.07, 6.45) is 4.77. The molecular formula is C15H16N2O. The van der Waals surface area contributed by atoms with Crippen LogP contribution >= 0.6 is 0 Å². The molecule has 0 amide bonds. The van der Waals surface area contributed by atoms with E-state index in [1.165, 1.54) is 16.6 Å². The van der Waals surface area contributed by atoms with E-state index in [1.807, 2.05) is 0 Å². The van der Waals surface area contributed by atoms with Crippen LogP contribution < -0.4 is 0 Å². The zero-order valence-electron chi connectivity index (χ0n) is 10.7. The molecule has 1 aromatic carbocycles. The van der Waals surface area contributed by atoms with E-state index in [-0.39, 0.29) is 5.54 Å². The monoisotopic (exact) mass is 240 g/mol. The first-order chi connectivity index (χ1) is 8.66. The number of carbonyl (C=O) groups excluding carboxylic acids is 1. The smallest absolute Gasteiger partial charge is 0.235 e. The number of H-pyrrole nitrogens is 1. The highest BCUT2D eigenvalue weighted by atomic mass is 16.1. The number of nitrogens with zero attached hydrogens (tertiary/aromatic N) is 1. The van der Waals surface area contributed by atoms with Gasteiger partial charge in [0.25, 0.3) is 0 Å². The lowest BCUT2D eigenvalue weighted by Crippen LogP contribution is -2.31. The van der Waals surface area contributed by atoms with Gasteiger partial charge in [-0.25, -0.2) is 4.79 Å². The SMILES string of the molecule is Cc1[nH]c2cc(C3(N=C=O)CCC3)ccc2c1C. The van der Waals surface area contributed by atoms with E-state index >= 15 is 0 Å². The molecule has 0 saturated heterocycles. The fourth-order valence-corrected chi connectivity index (χ4v) is 2.83. The molecule has 1 heterocycles. The maximum Gasteiger partial charge on any atom is 0.235 e. The molecular weight excluding hydrogens is 224 g/mol. The Hall–Kier alpha value is -1.86. The number of fused-ring (bicyclic) bond motifs is 1. The summed E-state index contributed by atoms with van der Waals surface area (Å²) in [5.41, 5.74) is 4.45. The second-order valence-corrected chi connectivity index (χ2v) is 5.22. The fourth-order valence-electron chi connectivity index (χ4n) is 2.83. The van der Waals surface area contributed by atoms with Gasteiger partial charge in [-0.15, -0.1) is 0 Å². The third-order valence-electron chi connectivity index (χ3n) is 4.29. The second-order valence-electron chi connectivity index (χ2n) is 5.22. The molecule has 3 nitrogen and oxygen atoms in total. The van der Waals surface area contributed by atoms with Crippen LogP contribution in [-0.4, -0.2) is 11.1 Å². The predicted octanol–water partition coefficient (Wildman–Crippen LogP) is 3.50. The molecule has 0 spiro atoms. The first-order valence-electron chi connectivity index (χ1n) is 6.35. The average Bonchev–Trinajstić information content (AvgIpc) is 2.59. The lowest BCUT2D eigenvalue weighted by molar-refractivity contribution is 0.256. The number of hydrogen-bond acceptors (Lipinski definition) is 2. The van der Waals surface area contributed by atoms with Gasteiger partial charge in [0.2, 0.25) is 6.08 Å². The Morgan fingerprint density at radius 2 is 2.11 bits per heavy atom. The van der Waals surface area contributed by atoms with Crippen molar-refractivity contribution in [3.63, 3.8) is 0 Å². The molecule has 0 radical (unpaired) electrons. The summed E-state index contributed by atoms with van der Waals surface area (Å²) in [6.45, 7) is 4.20. The molecule has 1 N–H and O–H groups in total. The Balaban J connectivity index is 2.16. The molecule has 1 fully saturated rings. The molecule has 2 aromatic rings. The molecule has 1 aliphatic rings. The zero-order chi connectivity index (χ0) is 12.8. The highest BCUT2D eigenvalue weighted by Gasteiger charge is 2.38. The van der Waals surface area contributed by atoms with E-state index in [4.69, 9.17) is 0 Å². The molecule has 0 bridgehead atoms. The van der Waals surface area contributed by atoms with Crippen molar-refractivity contribution in [2.75, 3.05) is 0 Å². The van der Waals surface area contributed by atoms with Gasteiger partial charge in [-0.3, -0.25) is 0 Å². The summed E-state index contributed by atoms with van der Waals surface area (Å²) in [5, 5.41) is 1.25. The minimum atomic E-state index is -0.303. The lowest BCUT2D eigenvalue weighted by atomic mass is 9.72. The number of benzene rings is 1. The van der Waals surface area contributed by atoms with Crippen molar-refractivity contribution < 1.29 is 4.79 Å². The van der Waals surface area contributed by atoms with Crippen molar-refractivity contribution in [3.8, 4) is 0 Å². The van der Waals surface area contributed by atoms with Gasteiger partial charge in [-0.1, -0.05) is 12.1 Å². The van der Waals surface area contributed by atoms with E-state index in [0.717, 1.165) is 30.3 Å². The van der Waals surface area contributed by atoms with Crippen LogP contribution in [0.1, 0.15) is 36.1 Å². The third-order valence-corrected chi connectivity index (χ3v) is 4.29. The first kappa shape index (κ1) is 11.2. The highest BCUT2D eigenvalue weighted by Crippen LogP contribution is 2.45. The normalized spacial score (nSPS) is 17.2. The third kappa shape index (κ3) is 1.44. The van der Waals surface area contributed by atoms with Crippen LogP contribution in [0, 0.1) is 13.8 Å². The summed E-state index contributed by atoms with van der Waals surface area (Å²) in [5.74, 6) is 0. The minimum absolute atomic E-state index is 0.303. The number of aromatic amines is 1. The van der Waals surface area contributed by atoms with Crippen LogP contribution in [-0.2, 0) is 10.3 Å². The first-order valence-corrected chi connectivity index (χ1v) is 6.35. The van der Waals surface area contributed by atoms with Gasteiger partial charge in [0.1, 0.15) is 0 Å². The fraction of sp³-hybridized carbons (Fsp3) is 0.400. The summed E-state index contributed by atoms with van der Waals surface area (Å²) in [7, 11) is 0. The Kier molecular flexibility index (Phi) is 2.39. The molecule has 1 aromatic heterocycles. The van der Waals surface area contributed by atoms with Gasteiger partial charge in [-0.05, 0) is 50.3 Å². The topological polar surface area (TPSA) is 45.2 Å². The summed E-state index contributed by atoms with van der Waals surface area (Å²) in [4.78, 5) is 18.0. The van der Waals surface area contributed by atoms with Crippen molar-refractivity contribution >= 4 is 17.0 Å². The molecule has 0 aliphatic heterocycles. The van der Waals surface area contributed by atoms with Crippen molar-refractivity contribution in [2.24, 2.45) is 4.99 Å². The van der Waals surface area contributed by atoms with E-state index < -0.39 is 0 Å². The Morgan fingerprint density at radius 3 is 2.72 bits per heavy atom. The lowest BCUT2D eigenvalue weighted by Gasteiger charge is -2.37. The molecule has 0 atom stereocenters. The van der Waals surface area contributed by atoms with Crippen molar-refractivity contribution in [1.29, 1.82) is 0 Å². The Morgan fingerprint density at radius 1 is 1.33 bits per heavy atom. The molecule has 1 aliphatic carbocycles. The number of hydrogen-bond donors (Lipinski definition) is 1. The zero-order valence-corrected chi connectivity index (χ0v) is 10.7. The summed E-state index contributed by atoms with van der Waals surface area (Å²) >= 11 is 0. The van der Waals surface area contributed by atoms with Gasteiger partial charge in [0.05, 0.1) is 5.54 Å². The van der Waals surface area contributed by atoms with Crippen molar-refractivity contribution in [1.82, 2.24) is 4.98 Å². The highest BCUT2D eigenvalue weighted by molar-refractivity contribution is 5.85. The molecule has 1 saturated carbocycles. The molecule has 92 valence electrons.